The average molecular weight is 270 g/mol. The number of rotatable bonds is 3. The molecule has 2 heterocycles. The van der Waals surface area contributed by atoms with Crippen LogP contribution in [0.4, 0.5) is 11.5 Å². The van der Waals surface area contributed by atoms with Crippen LogP contribution in [0.5, 0.6) is 0 Å². The first-order valence-corrected chi connectivity index (χ1v) is 6.94. The Bertz CT molecular complexity index is 619. The summed E-state index contributed by atoms with van der Waals surface area (Å²) >= 11 is 1.11. The normalized spacial score (nSPS) is 11.4. The summed E-state index contributed by atoms with van der Waals surface area (Å²) in [5, 5.41) is 0.695. The highest BCUT2D eigenvalue weighted by atomic mass is 32.2. The zero-order chi connectivity index (χ0) is 12.5. The molecule has 0 aliphatic carbocycles. The van der Waals surface area contributed by atoms with E-state index in [1.807, 2.05) is 0 Å². The van der Waals surface area contributed by atoms with Crippen LogP contribution in [0.15, 0.2) is 28.7 Å². The lowest BCUT2D eigenvalue weighted by Crippen LogP contribution is -2.11. The maximum absolute atomic E-state index is 11.9. The van der Waals surface area contributed by atoms with Gasteiger partial charge >= 0.3 is 0 Å². The maximum Gasteiger partial charge on any atom is 0.273 e. The van der Waals surface area contributed by atoms with Crippen molar-refractivity contribution < 1.29 is 8.42 Å². The van der Waals surface area contributed by atoms with Gasteiger partial charge in [-0.05, 0) is 19.1 Å². The summed E-state index contributed by atoms with van der Waals surface area (Å²) in [7, 11) is -3.58. The molecule has 2 rings (SSSR count). The van der Waals surface area contributed by atoms with Crippen molar-refractivity contribution in [1.29, 1.82) is 0 Å². The van der Waals surface area contributed by atoms with Crippen LogP contribution in [0.2, 0.25) is 0 Å². The maximum atomic E-state index is 11.9. The van der Waals surface area contributed by atoms with E-state index in [4.69, 9.17) is 5.73 Å². The van der Waals surface area contributed by atoms with Gasteiger partial charge in [0.25, 0.3) is 10.0 Å². The Morgan fingerprint density at radius 2 is 2.06 bits per heavy atom. The Hall–Kier alpha value is -1.67. The second-order valence-electron chi connectivity index (χ2n) is 3.28. The van der Waals surface area contributed by atoms with Gasteiger partial charge in [-0.15, -0.1) is 11.3 Å². The molecule has 0 aromatic carbocycles. The average Bonchev–Trinajstić information content (AvgIpc) is 2.69. The molecule has 0 spiro atoms. The third-order valence-electron chi connectivity index (χ3n) is 1.90. The van der Waals surface area contributed by atoms with E-state index in [9.17, 15) is 8.42 Å². The molecule has 0 bridgehead atoms. The molecule has 3 N–H and O–H groups in total. The molecule has 2 aromatic rings. The number of sulfonamides is 1. The van der Waals surface area contributed by atoms with Crippen molar-refractivity contribution in [1.82, 2.24) is 9.97 Å². The molecule has 17 heavy (non-hydrogen) atoms. The minimum atomic E-state index is -3.58. The number of hydrogen-bond donors (Lipinski definition) is 2. The van der Waals surface area contributed by atoms with Crippen LogP contribution in [-0.2, 0) is 10.0 Å². The first-order valence-electron chi connectivity index (χ1n) is 4.64. The quantitative estimate of drug-likeness (QED) is 0.874. The van der Waals surface area contributed by atoms with Gasteiger partial charge in [0.15, 0.2) is 4.21 Å². The van der Waals surface area contributed by atoms with E-state index in [0.717, 1.165) is 11.3 Å². The Morgan fingerprint density at radius 1 is 1.29 bits per heavy atom. The van der Waals surface area contributed by atoms with Gasteiger partial charge in [-0.25, -0.2) is 18.4 Å². The molecule has 90 valence electrons. The number of thiazole rings is 1. The van der Waals surface area contributed by atoms with Crippen LogP contribution in [0.25, 0.3) is 0 Å². The molecule has 0 radical (unpaired) electrons. The summed E-state index contributed by atoms with van der Waals surface area (Å²) in [4.78, 5) is 7.70. The molecular formula is C9H10N4O2S2. The number of aromatic nitrogens is 2. The molecule has 0 amide bonds. The number of aryl methyl sites for hydroxylation is 1. The zero-order valence-electron chi connectivity index (χ0n) is 8.91. The number of hydrogen-bond acceptors (Lipinski definition) is 6. The Balaban J connectivity index is 2.26. The SMILES string of the molecule is Cc1ncc(S(=O)(=O)Nc2ccc(N)nc2)s1. The van der Waals surface area contributed by atoms with Crippen LogP contribution in [0.1, 0.15) is 5.01 Å². The minimum Gasteiger partial charge on any atom is -0.384 e. The Labute approximate surface area is 103 Å². The summed E-state index contributed by atoms with van der Waals surface area (Å²) in [6.45, 7) is 1.74. The number of anilines is 2. The predicted molar refractivity (Wildman–Crippen MR) is 66.3 cm³/mol. The summed E-state index contributed by atoms with van der Waals surface area (Å²) in [5.74, 6) is 0.335. The van der Waals surface area contributed by atoms with Gasteiger partial charge < -0.3 is 5.73 Å². The third-order valence-corrected chi connectivity index (χ3v) is 4.66. The molecule has 0 aliphatic heterocycles. The van der Waals surface area contributed by atoms with Gasteiger partial charge in [0.1, 0.15) is 5.82 Å². The van der Waals surface area contributed by atoms with E-state index in [2.05, 4.69) is 14.7 Å². The highest BCUT2D eigenvalue weighted by Gasteiger charge is 2.17. The smallest absolute Gasteiger partial charge is 0.273 e. The van der Waals surface area contributed by atoms with E-state index in [-0.39, 0.29) is 4.21 Å². The fourth-order valence-corrected chi connectivity index (χ4v) is 3.29. The molecule has 0 saturated carbocycles. The number of pyridine rings is 1. The van der Waals surface area contributed by atoms with Crippen molar-refractivity contribution in [3.05, 3.63) is 29.5 Å². The van der Waals surface area contributed by atoms with Crippen molar-refractivity contribution >= 4 is 32.9 Å². The lowest BCUT2D eigenvalue weighted by molar-refractivity contribution is 0.603. The molecule has 0 atom stereocenters. The van der Waals surface area contributed by atoms with Gasteiger partial charge in [-0.1, -0.05) is 0 Å². The highest BCUT2D eigenvalue weighted by molar-refractivity contribution is 7.94. The van der Waals surface area contributed by atoms with Gasteiger partial charge in [-0.2, -0.15) is 0 Å². The molecule has 0 saturated heterocycles. The number of nitrogens with zero attached hydrogens (tertiary/aromatic N) is 2. The van der Waals surface area contributed by atoms with Crippen molar-refractivity contribution in [3.63, 3.8) is 0 Å². The molecule has 0 unspecified atom stereocenters. The summed E-state index contributed by atoms with van der Waals surface area (Å²) in [6, 6.07) is 3.07. The third kappa shape index (κ3) is 2.71. The van der Waals surface area contributed by atoms with E-state index >= 15 is 0 Å². The molecule has 0 fully saturated rings. The van der Waals surface area contributed by atoms with Gasteiger partial charge in [0, 0.05) is 0 Å². The first kappa shape index (κ1) is 11.8. The number of nitrogen functional groups attached to an aromatic ring is 1. The molecule has 2 aromatic heterocycles. The fraction of sp³-hybridized carbons (Fsp3) is 0.111. The van der Waals surface area contributed by atoms with Crippen LogP contribution in [-0.4, -0.2) is 18.4 Å². The van der Waals surface area contributed by atoms with Gasteiger partial charge in [0.05, 0.1) is 23.1 Å². The van der Waals surface area contributed by atoms with Crippen molar-refractivity contribution in [2.75, 3.05) is 10.5 Å². The molecule has 6 nitrogen and oxygen atoms in total. The summed E-state index contributed by atoms with van der Waals surface area (Å²) in [5.41, 5.74) is 5.77. The minimum absolute atomic E-state index is 0.173. The van der Waals surface area contributed by atoms with E-state index in [0.29, 0.717) is 16.5 Å². The lowest BCUT2D eigenvalue weighted by atomic mass is 10.4. The van der Waals surface area contributed by atoms with Crippen molar-refractivity contribution in [2.24, 2.45) is 0 Å². The predicted octanol–water partition coefficient (Wildman–Crippen LogP) is 1.23. The molecular weight excluding hydrogens is 260 g/mol. The van der Waals surface area contributed by atoms with E-state index in [1.165, 1.54) is 18.5 Å². The second kappa shape index (κ2) is 4.30. The van der Waals surface area contributed by atoms with Gasteiger partial charge in [0.2, 0.25) is 0 Å². The molecule has 0 aliphatic rings. The second-order valence-corrected chi connectivity index (χ2v) is 6.42. The Morgan fingerprint density at radius 3 is 2.59 bits per heavy atom. The van der Waals surface area contributed by atoms with Gasteiger partial charge in [-0.3, -0.25) is 4.72 Å². The van der Waals surface area contributed by atoms with Crippen LogP contribution in [0, 0.1) is 6.92 Å². The standard InChI is InChI=1S/C9H10N4O2S2/c1-6-11-5-9(16-6)17(14,15)13-7-2-3-8(10)12-4-7/h2-5,13H,1H3,(H2,10,12). The Kier molecular flexibility index (Phi) is 2.99. The zero-order valence-corrected chi connectivity index (χ0v) is 10.5. The van der Waals surface area contributed by atoms with Crippen molar-refractivity contribution in [2.45, 2.75) is 11.1 Å². The number of nitrogens with one attached hydrogen (secondary N) is 1. The molecule has 8 heteroatoms. The summed E-state index contributed by atoms with van der Waals surface area (Å²) in [6.07, 6.45) is 2.69. The first-order chi connectivity index (χ1) is 7.97. The van der Waals surface area contributed by atoms with Crippen molar-refractivity contribution in [3.8, 4) is 0 Å². The van der Waals surface area contributed by atoms with E-state index in [1.54, 1.807) is 13.0 Å². The topological polar surface area (TPSA) is 98.0 Å². The number of nitrogens with two attached hydrogens (primary N) is 1. The van der Waals surface area contributed by atoms with Crippen LogP contribution < -0.4 is 10.5 Å². The van der Waals surface area contributed by atoms with E-state index < -0.39 is 10.0 Å². The van der Waals surface area contributed by atoms with Crippen LogP contribution in [0.3, 0.4) is 0 Å². The van der Waals surface area contributed by atoms with Crippen LogP contribution >= 0.6 is 11.3 Å². The highest BCUT2D eigenvalue weighted by Crippen LogP contribution is 2.21. The monoisotopic (exact) mass is 270 g/mol. The fourth-order valence-electron chi connectivity index (χ4n) is 1.14. The lowest BCUT2D eigenvalue weighted by Gasteiger charge is -2.04. The largest absolute Gasteiger partial charge is 0.384 e. The summed E-state index contributed by atoms with van der Waals surface area (Å²) < 4.78 is 26.4.